The van der Waals surface area contributed by atoms with E-state index >= 15 is 0 Å². The van der Waals surface area contributed by atoms with E-state index in [1.54, 1.807) is 11.3 Å². The fraction of sp³-hybridized carbons (Fsp3) is 0.538. The highest BCUT2D eigenvalue weighted by Gasteiger charge is 2.14. The van der Waals surface area contributed by atoms with Gasteiger partial charge in [0.15, 0.2) is 0 Å². The zero-order valence-electron chi connectivity index (χ0n) is 11.8. The number of hydrogen-bond donors (Lipinski definition) is 3. The number of aromatic nitrogens is 2. The van der Waals surface area contributed by atoms with Gasteiger partial charge in [0, 0.05) is 12.6 Å². The molecule has 0 unspecified atom stereocenters. The summed E-state index contributed by atoms with van der Waals surface area (Å²) < 4.78 is 1.03. The van der Waals surface area contributed by atoms with Gasteiger partial charge in [-0.15, -0.1) is 11.3 Å². The van der Waals surface area contributed by atoms with Gasteiger partial charge in [-0.25, -0.2) is 4.98 Å². The predicted octanol–water partition coefficient (Wildman–Crippen LogP) is 2.66. The van der Waals surface area contributed by atoms with Gasteiger partial charge in [-0.05, 0) is 30.7 Å². The number of aryl methyl sites for hydroxylation is 1. The number of nitrogen functional groups attached to an aromatic ring is 1. The number of nitrogens with two attached hydrogens (primary N) is 1. The van der Waals surface area contributed by atoms with Crippen LogP contribution in [-0.4, -0.2) is 27.7 Å². The number of nitrogens with zero attached hydrogens (tertiary/aromatic N) is 2. The molecule has 0 aliphatic rings. The van der Waals surface area contributed by atoms with Gasteiger partial charge in [0.05, 0.1) is 10.2 Å². The van der Waals surface area contributed by atoms with Crippen molar-refractivity contribution in [1.82, 2.24) is 9.97 Å². The molecule has 0 radical (unpaired) electrons. The average Bonchev–Trinajstić information content (AvgIpc) is 2.72. The van der Waals surface area contributed by atoms with E-state index in [0.717, 1.165) is 34.4 Å². The maximum absolute atomic E-state index is 9.12. The molecule has 112 valence electrons. The van der Waals surface area contributed by atoms with Gasteiger partial charge in [0.2, 0.25) is 5.95 Å². The van der Waals surface area contributed by atoms with E-state index in [-0.39, 0.29) is 32.1 Å². The van der Waals surface area contributed by atoms with Gasteiger partial charge in [-0.3, -0.25) is 0 Å². The number of hydrogen-bond acceptors (Lipinski definition) is 6. The van der Waals surface area contributed by atoms with Gasteiger partial charge < -0.3 is 16.2 Å². The van der Waals surface area contributed by atoms with E-state index in [9.17, 15) is 0 Å². The summed E-state index contributed by atoms with van der Waals surface area (Å²) in [6.45, 7) is 4.32. The van der Waals surface area contributed by atoms with Gasteiger partial charge >= 0.3 is 0 Å². The molecule has 0 saturated heterocycles. The largest absolute Gasteiger partial charge is 0.396 e. The second kappa shape index (κ2) is 7.66. The van der Waals surface area contributed by atoms with E-state index in [1.165, 1.54) is 0 Å². The standard InChI is InChI=1S/C13H20N4OS.H2S/c1-3-4-9(5-6-18)15-12-11-10(8(2)7-19-11)16-13(14)17-12;/h7,9,18H,3-6H2,1-2H3,(H3,14,15,16,17);1H2/t9-;/m0./s1. The molecule has 2 rings (SSSR count). The summed E-state index contributed by atoms with van der Waals surface area (Å²) in [6, 6.07) is 0.218. The summed E-state index contributed by atoms with van der Waals surface area (Å²) in [5.74, 6) is 1.07. The monoisotopic (exact) mass is 314 g/mol. The lowest BCUT2D eigenvalue weighted by atomic mass is 10.1. The minimum absolute atomic E-state index is 0. The minimum atomic E-state index is 0. The van der Waals surface area contributed by atoms with E-state index < -0.39 is 0 Å². The van der Waals surface area contributed by atoms with Crippen molar-refractivity contribution >= 4 is 46.8 Å². The topological polar surface area (TPSA) is 84.1 Å². The lowest BCUT2D eigenvalue weighted by Gasteiger charge is -2.18. The molecule has 0 bridgehead atoms. The third-order valence-corrected chi connectivity index (χ3v) is 4.16. The minimum Gasteiger partial charge on any atom is -0.396 e. The Bertz CT molecular complexity index is 553. The lowest BCUT2D eigenvalue weighted by molar-refractivity contribution is 0.276. The van der Waals surface area contributed by atoms with Crippen LogP contribution in [-0.2, 0) is 0 Å². The van der Waals surface area contributed by atoms with Crippen LogP contribution in [0.3, 0.4) is 0 Å². The van der Waals surface area contributed by atoms with Crippen LogP contribution in [0, 0.1) is 6.92 Å². The number of nitrogens with one attached hydrogen (secondary N) is 1. The first kappa shape index (κ1) is 17.0. The van der Waals surface area contributed by atoms with Crippen molar-refractivity contribution in [1.29, 1.82) is 0 Å². The summed E-state index contributed by atoms with van der Waals surface area (Å²) in [5.41, 5.74) is 7.80. The molecule has 1 atom stereocenters. The zero-order valence-corrected chi connectivity index (χ0v) is 13.6. The molecule has 2 aromatic heterocycles. The molecule has 2 heterocycles. The number of aliphatic hydroxyl groups excluding tert-OH is 1. The van der Waals surface area contributed by atoms with Gasteiger partial charge in [-0.2, -0.15) is 18.5 Å². The fourth-order valence-electron chi connectivity index (χ4n) is 2.13. The molecule has 0 aliphatic heterocycles. The molecule has 20 heavy (non-hydrogen) atoms. The molecular weight excluding hydrogens is 292 g/mol. The summed E-state index contributed by atoms with van der Waals surface area (Å²) in [4.78, 5) is 8.59. The third-order valence-electron chi connectivity index (χ3n) is 3.07. The normalized spacial score (nSPS) is 12.2. The van der Waals surface area contributed by atoms with Crippen LogP contribution in [0.2, 0.25) is 0 Å². The van der Waals surface area contributed by atoms with Crippen molar-refractivity contribution in [3.05, 3.63) is 10.9 Å². The Hall–Kier alpha value is -1.05. The Balaban J connectivity index is 0.00000200. The van der Waals surface area contributed by atoms with Crippen LogP contribution in [0.15, 0.2) is 5.38 Å². The molecule has 7 heteroatoms. The summed E-state index contributed by atoms with van der Waals surface area (Å²) in [7, 11) is 0. The molecular formula is C13H22N4OS2. The highest BCUT2D eigenvalue weighted by Crippen LogP contribution is 2.30. The van der Waals surface area contributed by atoms with Crippen LogP contribution >= 0.6 is 24.8 Å². The Morgan fingerprint density at radius 2 is 2.15 bits per heavy atom. The number of rotatable bonds is 6. The number of anilines is 2. The number of aliphatic hydroxyl groups is 1. The molecule has 0 aliphatic carbocycles. The Morgan fingerprint density at radius 1 is 1.40 bits per heavy atom. The maximum atomic E-state index is 9.12. The van der Waals surface area contributed by atoms with E-state index in [0.29, 0.717) is 6.42 Å². The SMILES string of the molecule is CCC[C@@H](CCO)Nc1nc(N)nc2c(C)csc12.S. The Labute approximate surface area is 130 Å². The first-order valence-corrected chi connectivity index (χ1v) is 7.42. The average molecular weight is 314 g/mol. The van der Waals surface area contributed by atoms with E-state index in [2.05, 4.69) is 27.6 Å². The van der Waals surface area contributed by atoms with Crippen molar-refractivity contribution in [3.63, 3.8) is 0 Å². The molecule has 0 fully saturated rings. The van der Waals surface area contributed by atoms with Crippen molar-refractivity contribution in [2.24, 2.45) is 0 Å². The quantitative estimate of drug-likeness (QED) is 0.763. The highest BCUT2D eigenvalue weighted by atomic mass is 32.1. The first-order valence-electron chi connectivity index (χ1n) is 6.54. The molecule has 0 saturated carbocycles. The molecule has 0 aromatic carbocycles. The van der Waals surface area contributed by atoms with Gasteiger partial charge in [0.25, 0.3) is 0 Å². The predicted molar refractivity (Wildman–Crippen MR) is 91.0 cm³/mol. The molecule has 2 aromatic rings. The zero-order chi connectivity index (χ0) is 13.8. The van der Waals surface area contributed by atoms with Crippen LogP contribution in [0.4, 0.5) is 11.8 Å². The second-order valence-electron chi connectivity index (χ2n) is 4.67. The summed E-state index contributed by atoms with van der Waals surface area (Å²) >= 11 is 1.62. The Morgan fingerprint density at radius 3 is 2.80 bits per heavy atom. The van der Waals surface area contributed by atoms with Crippen LogP contribution < -0.4 is 11.1 Å². The van der Waals surface area contributed by atoms with E-state index in [1.807, 2.05) is 6.92 Å². The summed E-state index contributed by atoms with van der Waals surface area (Å²) in [5, 5.41) is 14.6. The lowest BCUT2D eigenvalue weighted by Crippen LogP contribution is -2.21. The van der Waals surface area contributed by atoms with Crippen LogP contribution in [0.1, 0.15) is 31.7 Å². The molecule has 5 nitrogen and oxygen atoms in total. The molecule has 0 spiro atoms. The summed E-state index contributed by atoms with van der Waals surface area (Å²) in [6.07, 6.45) is 2.77. The van der Waals surface area contributed by atoms with Crippen molar-refractivity contribution in [3.8, 4) is 0 Å². The van der Waals surface area contributed by atoms with E-state index in [4.69, 9.17) is 10.8 Å². The number of thiophene rings is 1. The molecule has 0 amide bonds. The first-order chi connectivity index (χ1) is 9.15. The van der Waals surface area contributed by atoms with Crippen LogP contribution in [0.25, 0.3) is 10.2 Å². The van der Waals surface area contributed by atoms with Gasteiger partial charge in [-0.1, -0.05) is 13.3 Å². The van der Waals surface area contributed by atoms with Crippen molar-refractivity contribution < 1.29 is 5.11 Å². The molecule has 4 N–H and O–H groups in total. The number of fused-ring (bicyclic) bond motifs is 1. The smallest absolute Gasteiger partial charge is 0.222 e. The Kier molecular flexibility index (Phi) is 6.51. The maximum Gasteiger partial charge on any atom is 0.222 e. The van der Waals surface area contributed by atoms with Crippen molar-refractivity contribution in [2.75, 3.05) is 17.7 Å². The second-order valence-corrected chi connectivity index (χ2v) is 5.55. The third kappa shape index (κ3) is 3.74. The fourth-order valence-corrected chi connectivity index (χ4v) is 3.07. The van der Waals surface area contributed by atoms with Gasteiger partial charge in [0.1, 0.15) is 5.82 Å². The van der Waals surface area contributed by atoms with Crippen molar-refractivity contribution in [2.45, 2.75) is 39.2 Å². The highest BCUT2D eigenvalue weighted by molar-refractivity contribution is 7.59. The van der Waals surface area contributed by atoms with Crippen LogP contribution in [0.5, 0.6) is 0 Å².